The summed E-state index contributed by atoms with van der Waals surface area (Å²) in [6.45, 7) is -0.767. The van der Waals surface area contributed by atoms with E-state index in [0.717, 1.165) is 6.07 Å². The fourth-order valence-corrected chi connectivity index (χ4v) is 5.31. The van der Waals surface area contributed by atoms with E-state index in [0.29, 0.717) is 15.6 Å². The van der Waals surface area contributed by atoms with Gasteiger partial charge in [-0.3, -0.25) is 13.9 Å². The zero-order valence-corrected chi connectivity index (χ0v) is 21.7. The Morgan fingerprint density at radius 3 is 2.24 bits per heavy atom. The van der Waals surface area contributed by atoms with Gasteiger partial charge in [-0.25, -0.2) is 12.8 Å². The Morgan fingerprint density at radius 2 is 1.58 bits per heavy atom. The topological polar surface area (TPSA) is 92.8 Å². The summed E-state index contributed by atoms with van der Waals surface area (Å²) in [5.74, 6) is -1.59. The first-order valence-corrected chi connectivity index (χ1v) is 13.1. The molecule has 0 saturated carbocycles. The van der Waals surface area contributed by atoms with E-state index in [1.807, 2.05) is 0 Å². The molecule has 0 radical (unpaired) electrons. The van der Waals surface area contributed by atoms with Crippen LogP contribution in [0.4, 0.5) is 15.8 Å². The van der Waals surface area contributed by atoms with Crippen molar-refractivity contribution in [3.63, 3.8) is 0 Å². The number of para-hydroxylation sites is 1. The molecule has 0 aliphatic carbocycles. The van der Waals surface area contributed by atoms with Gasteiger partial charge in [0.15, 0.2) is 5.78 Å². The number of amides is 1. The van der Waals surface area contributed by atoms with Gasteiger partial charge in [-0.15, -0.1) is 0 Å². The Balaban J connectivity index is 1.68. The standard InChI is InChI=1S/C28H22ClFN2O5S/c1-37-21-12-14-22(15-13-21)38(35,36)32(26-10-6-5-9-24(26)30)18-27(33)31-25-16-11-20(29)17-23(25)28(34)19-7-3-2-4-8-19/h2-17H,18H2,1H3,(H,31,33). The van der Waals surface area contributed by atoms with Crippen molar-refractivity contribution in [2.24, 2.45) is 0 Å². The zero-order chi connectivity index (χ0) is 27.3. The van der Waals surface area contributed by atoms with Crippen LogP contribution in [0.2, 0.25) is 5.02 Å². The van der Waals surface area contributed by atoms with Crippen LogP contribution in [0.5, 0.6) is 5.75 Å². The number of nitrogens with zero attached hydrogens (tertiary/aromatic N) is 1. The molecular formula is C28H22ClFN2O5S. The van der Waals surface area contributed by atoms with Crippen LogP contribution in [-0.4, -0.2) is 33.8 Å². The highest BCUT2D eigenvalue weighted by Gasteiger charge is 2.29. The van der Waals surface area contributed by atoms with E-state index in [4.69, 9.17) is 16.3 Å². The van der Waals surface area contributed by atoms with Crippen LogP contribution >= 0.6 is 11.6 Å². The number of ketones is 1. The lowest BCUT2D eigenvalue weighted by molar-refractivity contribution is -0.114. The second-order valence-corrected chi connectivity index (χ2v) is 10.4. The van der Waals surface area contributed by atoms with Gasteiger partial charge in [0, 0.05) is 16.1 Å². The molecule has 4 aromatic rings. The molecule has 0 saturated heterocycles. The van der Waals surface area contributed by atoms with Gasteiger partial charge in [-0.1, -0.05) is 54.1 Å². The van der Waals surface area contributed by atoms with Crippen LogP contribution in [0, 0.1) is 5.82 Å². The highest BCUT2D eigenvalue weighted by molar-refractivity contribution is 7.92. The third-order valence-corrected chi connectivity index (χ3v) is 7.60. The minimum Gasteiger partial charge on any atom is -0.497 e. The Bertz CT molecular complexity index is 1580. The lowest BCUT2D eigenvalue weighted by Gasteiger charge is -2.24. The number of halogens is 2. The molecule has 0 spiro atoms. The van der Waals surface area contributed by atoms with Crippen molar-refractivity contribution in [2.75, 3.05) is 23.3 Å². The van der Waals surface area contributed by atoms with Crippen LogP contribution < -0.4 is 14.4 Å². The Labute approximate surface area is 224 Å². The highest BCUT2D eigenvalue weighted by atomic mass is 35.5. The average Bonchev–Trinajstić information content (AvgIpc) is 2.93. The molecular weight excluding hydrogens is 531 g/mol. The fourth-order valence-electron chi connectivity index (χ4n) is 3.71. The molecule has 0 fully saturated rings. The first-order valence-electron chi connectivity index (χ1n) is 11.3. The molecule has 0 unspecified atom stereocenters. The number of methoxy groups -OCH3 is 1. The quantitative estimate of drug-likeness (QED) is 0.275. The number of sulfonamides is 1. The predicted molar refractivity (Wildman–Crippen MR) is 144 cm³/mol. The summed E-state index contributed by atoms with van der Waals surface area (Å²) >= 11 is 6.11. The molecule has 0 aliphatic heterocycles. The van der Waals surface area contributed by atoms with E-state index in [1.54, 1.807) is 30.3 Å². The molecule has 4 rings (SSSR count). The van der Waals surface area contributed by atoms with Crippen LogP contribution in [0.15, 0.2) is 102 Å². The monoisotopic (exact) mass is 552 g/mol. The summed E-state index contributed by atoms with van der Waals surface area (Å²) in [6, 6.07) is 23.5. The number of hydrogen-bond acceptors (Lipinski definition) is 5. The summed E-state index contributed by atoms with van der Waals surface area (Å²) in [4.78, 5) is 26.1. The summed E-state index contributed by atoms with van der Waals surface area (Å²) < 4.78 is 47.6. The van der Waals surface area contributed by atoms with Crippen LogP contribution in [0.1, 0.15) is 15.9 Å². The summed E-state index contributed by atoms with van der Waals surface area (Å²) in [5, 5.41) is 2.86. The molecule has 7 nitrogen and oxygen atoms in total. The van der Waals surface area contributed by atoms with Crippen molar-refractivity contribution < 1.29 is 27.1 Å². The molecule has 38 heavy (non-hydrogen) atoms. The van der Waals surface area contributed by atoms with E-state index in [9.17, 15) is 22.4 Å². The first-order chi connectivity index (χ1) is 18.2. The maximum atomic E-state index is 14.8. The molecule has 4 aromatic carbocycles. The van der Waals surface area contributed by atoms with Gasteiger partial charge in [0.05, 0.1) is 23.4 Å². The van der Waals surface area contributed by atoms with Gasteiger partial charge in [-0.2, -0.15) is 0 Å². The number of anilines is 2. The normalized spacial score (nSPS) is 11.0. The van der Waals surface area contributed by atoms with Crippen LogP contribution in [-0.2, 0) is 14.8 Å². The molecule has 0 atom stereocenters. The van der Waals surface area contributed by atoms with Gasteiger partial charge in [0.1, 0.15) is 18.1 Å². The second kappa shape index (κ2) is 11.5. The fraction of sp³-hybridized carbons (Fsp3) is 0.0714. The molecule has 0 aromatic heterocycles. The molecule has 1 N–H and O–H groups in total. The molecule has 0 heterocycles. The number of benzene rings is 4. The summed E-state index contributed by atoms with van der Waals surface area (Å²) in [7, 11) is -2.94. The van der Waals surface area contributed by atoms with Gasteiger partial charge in [0.25, 0.3) is 10.0 Å². The third kappa shape index (κ3) is 5.85. The van der Waals surface area contributed by atoms with E-state index < -0.39 is 28.3 Å². The number of hydrogen-bond donors (Lipinski definition) is 1. The lowest BCUT2D eigenvalue weighted by atomic mass is 10.0. The number of nitrogens with one attached hydrogen (secondary N) is 1. The van der Waals surface area contributed by atoms with Crippen LogP contribution in [0.3, 0.4) is 0 Å². The molecule has 0 bridgehead atoms. The minimum atomic E-state index is -4.38. The van der Waals surface area contributed by atoms with E-state index >= 15 is 0 Å². The largest absolute Gasteiger partial charge is 0.497 e. The molecule has 0 aliphatic rings. The van der Waals surface area contributed by atoms with Crippen molar-refractivity contribution in [3.8, 4) is 5.75 Å². The van der Waals surface area contributed by atoms with Crippen molar-refractivity contribution in [1.29, 1.82) is 0 Å². The van der Waals surface area contributed by atoms with E-state index in [2.05, 4.69) is 5.32 Å². The lowest BCUT2D eigenvalue weighted by Crippen LogP contribution is -2.38. The van der Waals surface area contributed by atoms with E-state index in [-0.39, 0.29) is 32.6 Å². The highest BCUT2D eigenvalue weighted by Crippen LogP contribution is 2.28. The maximum absolute atomic E-state index is 14.8. The number of ether oxygens (including phenoxy) is 1. The van der Waals surface area contributed by atoms with E-state index in [1.165, 1.54) is 67.8 Å². The third-order valence-electron chi connectivity index (χ3n) is 5.59. The second-order valence-electron chi connectivity index (χ2n) is 8.07. The molecule has 10 heteroatoms. The van der Waals surface area contributed by atoms with Crippen molar-refractivity contribution in [3.05, 3.63) is 119 Å². The van der Waals surface area contributed by atoms with Crippen molar-refractivity contribution in [1.82, 2.24) is 0 Å². The smallest absolute Gasteiger partial charge is 0.264 e. The maximum Gasteiger partial charge on any atom is 0.264 e. The number of carbonyl (C=O) groups is 2. The summed E-state index contributed by atoms with van der Waals surface area (Å²) in [6.07, 6.45) is 0. The average molecular weight is 553 g/mol. The summed E-state index contributed by atoms with van der Waals surface area (Å²) in [5.41, 5.74) is 0.312. The molecule has 1 amide bonds. The minimum absolute atomic E-state index is 0.118. The molecule has 194 valence electrons. The van der Waals surface area contributed by atoms with Crippen molar-refractivity contribution >= 4 is 44.7 Å². The predicted octanol–water partition coefficient (Wildman–Crippen LogP) is 5.55. The van der Waals surface area contributed by atoms with Gasteiger partial charge in [0.2, 0.25) is 5.91 Å². The Kier molecular flexibility index (Phi) is 8.09. The van der Waals surface area contributed by atoms with Crippen LogP contribution in [0.25, 0.3) is 0 Å². The SMILES string of the molecule is COc1ccc(S(=O)(=O)N(CC(=O)Nc2ccc(Cl)cc2C(=O)c2ccccc2)c2ccccc2F)cc1. The Hall–Kier alpha value is -4.21. The first kappa shape index (κ1) is 26.8. The Morgan fingerprint density at radius 1 is 0.921 bits per heavy atom. The van der Waals surface area contributed by atoms with Gasteiger partial charge < -0.3 is 10.1 Å². The number of rotatable bonds is 9. The zero-order valence-electron chi connectivity index (χ0n) is 20.1. The van der Waals surface area contributed by atoms with Gasteiger partial charge in [-0.05, 0) is 54.6 Å². The number of carbonyl (C=O) groups excluding carboxylic acids is 2. The van der Waals surface area contributed by atoms with Crippen molar-refractivity contribution in [2.45, 2.75) is 4.90 Å². The van der Waals surface area contributed by atoms with Gasteiger partial charge >= 0.3 is 0 Å².